The van der Waals surface area contributed by atoms with Crippen molar-refractivity contribution < 1.29 is 9.42 Å². The van der Waals surface area contributed by atoms with Gasteiger partial charge in [0.05, 0.1) is 0 Å². The van der Waals surface area contributed by atoms with Gasteiger partial charge in [0.2, 0.25) is 0 Å². The average Bonchev–Trinajstić information content (AvgIpc) is 2.07. The van der Waals surface area contributed by atoms with Gasteiger partial charge in [-0.1, -0.05) is 30.3 Å². The molecule has 0 bridgehead atoms. The fourth-order valence-electron chi connectivity index (χ4n) is 0.742. The van der Waals surface area contributed by atoms with Crippen LogP contribution < -0.4 is 10.2 Å². The molecule has 0 aromatic heterocycles. The molecule has 0 amide bonds. The van der Waals surface area contributed by atoms with Gasteiger partial charge in [0, 0.05) is 6.61 Å². The Morgan fingerprint density at radius 2 is 2.00 bits per heavy atom. The topological polar surface area (TPSA) is 32.3 Å². The molecule has 3 heteroatoms. The third-order valence-electron chi connectivity index (χ3n) is 1.21. The maximum absolute atomic E-state index is 11.2. The van der Waals surface area contributed by atoms with Crippen LogP contribution in [0.5, 0.6) is 0 Å². The van der Waals surface area contributed by atoms with Crippen LogP contribution in [-0.4, -0.2) is 6.61 Å². The van der Waals surface area contributed by atoms with E-state index in [0.29, 0.717) is 6.61 Å². The molecule has 1 aromatic rings. The Hall–Kier alpha value is -0.430. The molecule has 0 heterocycles. The van der Waals surface area contributed by atoms with Gasteiger partial charge >= 0.3 is 0 Å². The van der Waals surface area contributed by atoms with E-state index in [1.54, 1.807) is 12.1 Å². The van der Waals surface area contributed by atoms with Gasteiger partial charge in [0.1, 0.15) is 0 Å². The third kappa shape index (κ3) is 2.58. The predicted octanol–water partition coefficient (Wildman–Crippen LogP) is 1.02. The fraction of sp³-hybridized carbons (Fsp3) is 0.250. The van der Waals surface area contributed by atoms with Crippen LogP contribution >= 0.6 is 8.38 Å². The quantitative estimate of drug-likeness (QED) is 0.633. The summed E-state index contributed by atoms with van der Waals surface area (Å²) in [6.07, 6.45) is 0. The van der Waals surface area contributed by atoms with E-state index in [4.69, 9.17) is 4.52 Å². The lowest BCUT2D eigenvalue weighted by atomic mass is 10.4. The molecule has 0 radical (unpaired) electrons. The minimum Gasteiger partial charge on any atom is -0.804 e. The molecular weight excluding hydrogens is 159 g/mol. The minimum absolute atomic E-state index is 0.490. The molecule has 0 fully saturated rings. The van der Waals surface area contributed by atoms with Crippen molar-refractivity contribution in [3.8, 4) is 0 Å². The summed E-state index contributed by atoms with van der Waals surface area (Å²) in [4.78, 5) is 11.2. The van der Waals surface area contributed by atoms with E-state index in [9.17, 15) is 4.89 Å². The molecule has 0 saturated carbocycles. The Labute approximate surface area is 67.7 Å². The highest BCUT2D eigenvalue weighted by Crippen LogP contribution is 2.23. The fourth-order valence-corrected chi connectivity index (χ4v) is 1.54. The Balaban J connectivity index is 2.61. The highest BCUT2D eigenvalue weighted by Gasteiger charge is 1.94. The Kier molecular flexibility index (Phi) is 3.50. The lowest BCUT2D eigenvalue weighted by Gasteiger charge is -2.21. The average molecular weight is 169 g/mol. The second kappa shape index (κ2) is 4.45. The van der Waals surface area contributed by atoms with E-state index in [0.717, 1.165) is 5.30 Å². The zero-order valence-corrected chi connectivity index (χ0v) is 7.25. The van der Waals surface area contributed by atoms with Crippen molar-refractivity contribution in [3.05, 3.63) is 30.3 Å². The van der Waals surface area contributed by atoms with Crippen LogP contribution in [-0.2, 0) is 4.52 Å². The molecule has 0 aliphatic carbocycles. The van der Waals surface area contributed by atoms with Crippen molar-refractivity contribution in [2.45, 2.75) is 6.92 Å². The highest BCUT2D eigenvalue weighted by atomic mass is 31.2. The number of hydrogen-bond acceptors (Lipinski definition) is 2. The van der Waals surface area contributed by atoms with Gasteiger partial charge in [-0.15, -0.1) is 0 Å². The zero-order valence-electron chi connectivity index (χ0n) is 6.36. The smallest absolute Gasteiger partial charge is 0.0468 e. The summed E-state index contributed by atoms with van der Waals surface area (Å²) in [6, 6.07) is 9.19. The van der Waals surface area contributed by atoms with Crippen LogP contribution in [0.2, 0.25) is 0 Å². The van der Waals surface area contributed by atoms with Crippen molar-refractivity contribution in [3.63, 3.8) is 0 Å². The summed E-state index contributed by atoms with van der Waals surface area (Å²) in [5.74, 6) is 0. The number of hydrogen-bond donors (Lipinski definition) is 0. The first-order valence-corrected chi connectivity index (χ1v) is 4.67. The van der Waals surface area contributed by atoms with Gasteiger partial charge in [-0.3, -0.25) is 0 Å². The molecule has 0 spiro atoms. The molecule has 2 nitrogen and oxygen atoms in total. The first kappa shape index (κ1) is 8.66. The number of benzene rings is 1. The van der Waals surface area contributed by atoms with E-state index in [1.807, 2.05) is 25.1 Å². The van der Waals surface area contributed by atoms with E-state index in [1.165, 1.54) is 0 Å². The summed E-state index contributed by atoms with van der Waals surface area (Å²) in [6.45, 7) is 2.32. The van der Waals surface area contributed by atoms with E-state index in [-0.39, 0.29) is 0 Å². The normalized spacial score (nSPS) is 12.9. The Morgan fingerprint density at radius 1 is 1.36 bits per heavy atom. The second-order valence-electron chi connectivity index (χ2n) is 2.01. The predicted molar refractivity (Wildman–Crippen MR) is 44.6 cm³/mol. The first-order valence-electron chi connectivity index (χ1n) is 3.50. The minimum atomic E-state index is -1.63. The monoisotopic (exact) mass is 169 g/mol. The molecule has 1 aromatic carbocycles. The van der Waals surface area contributed by atoms with Gasteiger partial charge in [0.25, 0.3) is 0 Å². The van der Waals surface area contributed by atoms with Gasteiger partial charge < -0.3 is 9.42 Å². The summed E-state index contributed by atoms with van der Waals surface area (Å²) in [7, 11) is -1.63. The molecule has 1 rings (SSSR count). The van der Waals surface area contributed by atoms with Gasteiger partial charge in [-0.2, -0.15) is 0 Å². The SMILES string of the molecule is CCOP([O-])c1ccccc1. The summed E-state index contributed by atoms with van der Waals surface area (Å²) in [5, 5.41) is 0.754. The van der Waals surface area contributed by atoms with E-state index < -0.39 is 8.38 Å². The second-order valence-corrected chi connectivity index (χ2v) is 3.30. The zero-order chi connectivity index (χ0) is 8.10. The Morgan fingerprint density at radius 3 is 2.55 bits per heavy atom. The van der Waals surface area contributed by atoms with Crippen molar-refractivity contribution in [2.24, 2.45) is 0 Å². The summed E-state index contributed by atoms with van der Waals surface area (Å²) < 4.78 is 4.94. The Bertz CT molecular complexity index is 201. The van der Waals surface area contributed by atoms with Gasteiger partial charge in [-0.25, -0.2) is 0 Å². The van der Waals surface area contributed by atoms with Crippen molar-refractivity contribution in [1.82, 2.24) is 0 Å². The van der Waals surface area contributed by atoms with Crippen LogP contribution in [0.1, 0.15) is 6.92 Å². The maximum Gasteiger partial charge on any atom is 0.0468 e. The molecule has 0 saturated heterocycles. The molecule has 11 heavy (non-hydrogen) atoms. The standard InChI is InChI=1S/C8H10O2P/c1-2-10-11(9)8-6-4-3-5-7-8/h3-7H,2H2,1H3/q-1. The van der Waals surface area contributed by atoms with Crippen LogP contribution in [0.4, 0.5) is 0 Å². The molecule has 0 aliphatic heterocycles. The van der Waals surface area contributed by atoms with Crippen LogP contribution in [0.25, 0.3) is 0 Å². The van der Waals surface area contributed by atoms with Crippen molar-refractivity contribution >= 4 is 13.7 Å². The van der Waals surface area contributed by atoms with E-state index in [2.05, 4.69) is 0 Å². The number of rotatable bonds is 3. The van der Waals surface area contributed by atoms with Crippen LogP contribution in [0.15, 0.2) is 30.3 Å². The first-order chi connectivity index (χ1) is 5.34. The maximum atomic E-state index is 11.2. The van der Waals surface area contributed by atoms with Crippen LogP contribution in [0.3, 0.4) is 0 Å². The highest BCUT2D eigenvalue weighted by molar-refractivity contribution is 7.53. The van der Waals surface area contributed by atoms with Crippen molar-refractivity contribution in [1.29, 1.82) is 0 Å². The largest absolute Gasteiger partial charge is 0.804 e. The van der Waals surface area contributed by atoms with Gasteiger partial charge in [0.15, 0.2) is 0 Å². The van der Waals surface area contributed by atoms with E-state index >= 15 is 0 Å². The van der Waals surface area contributed by atoms with Crippen LogP contribution in [0, 0.1) is 0 Å². The molecule has 1 unspecified atom stereocenters. The molecule has 0 aliphatic rings. The molecular formula is C8H10O2P-. The summed E-state index contributed by atoms with van der Waals surface area (Å²) >= 11 is 0. The molecule has 0 N–H and O–H groups in total. The lowest BCUT2D eigenvalue weighted by Crippen LogP contribution is -2.11. The van der Waals surface area contributed by atoms with Crippen molar-refractivity contribution in [2.75, 3.05) is 6.61 Å². The lowest BCUT2D eigenvalue weighted by molar-refractivity contribution is -0.176. The van der Waals surface area contributed by atoms with Gasteiger partial charge in [-0.05, 0) is 20.6 Å². The molecule has 60 valence electrons. The molecule has 1 atom stereocenters. The summed E-state index contributed by atoms with van der Waals surface area (Å²) in [5.41, 5.74) is 0. The third-order valence-corrected chi connectivity index (χ3v) is 2.43.